The summed E-state index contributed by atoms with van der Waals surface area (Å²) >= 11 is 1.18. The SMILES string of the molecule is CSc1cc(C(F)(F)F)ccc1C(=O)CC1CC1. The Kier molecular flexibility index (Phi) is 3.71. The molecule has 0 N–H and O–H groups in total. The van der Waals surface area contributed by atoms with E-state index >= 15 is 0 Å². The fourth-order valence-corrected chi connectivity index (χ4v) is 2.44. The van der Waals surface area contributed by atoms with Crippen LogP contribution in [0, 0.1) is 5.92 Å². The molecule has 0 atom stereocenters. The molecule has 1 aromatic rings. The van der Waals surface area contributed by atoms with Crippen LogP contribution in [0.25, 0.3) is 0 Å². The summed E-state index contributed by atoms with van der Waals surface area (Å²) in [5.74, 6) is 0.394. The second kappa shape index (κ2) is 4.96. The van der Waals surface area contributed by atoms with E-state index < -0.39 is 11.7 Å². The molecular formula is C13H13F3OS. The van der Waals surface area contributed by atoms with Gasteiger partial charge in [0.15, 0.2) is 5.78 Å². The van der Waals surface area contributed by atoms with E-state index in [1.165, 1.54) is 17.8 Å². The Morgan fingerprint density at radius 2 is 2.06 bits per heavy atom. The Bertz CT molecular complexity index is 464. The Labute approximate surface area is 108 Å². The molecule has 0 radical (unpaired) electrons. The van der Waals surface area contributed by atoms with E-state index in [2.05, 4.69) is 0 Å². The molecule has 1 saturated carbocycles. The van der Waals surface area contributed by atoms with Crippen LogP contribution >= 0.6 is 11.8 Å². The van der Waals surface area contributed by atoms with Gasteiger partial charge in [-0.25, -0.2) is 0 Å². The molecule has 0 saturated heterocycles. The van der Waals surface area contributed by atoms with E-state index in [0.29, 0.717) is 22.8 Å². The van der Waals surface area contributed by atoms with E-state index in [-0.39, 0.29) is 5.78 Å². The highest BCUT2D eigenvalue weighted by Gasteiger charge is 2.32. The molecule has 18 heavy (non-hydrogen) atoms. The smallest absolute Gasteiger partial charge is 0.294 e. The maximum atomic E-state index is 12.6. The van der Waals surface area contributed by atoms with Crippen molar-refractivity contribution < 1.29 is 18.0 Å². The summed E-state index contributed by atoms with van der Waals surface area (Å²) in [6.07, 6.45) is -0.104. The van der Waals surface area contributed by atoms with Gasteiger partial charge in [0.05, 0.1) is 5.56 Å². The van der Waals surface area contributed by atoms with Gasteiger partial charge in [-0.3, -0.25) is 4.79 Å². The number of Topliss-reactive ketones (excluding diaryl/α,β-unsaturated/α-hetero) is 1. The first kappa shape index (κ1) is 13.5. The van der Waals surface area contributed by atoms with Crippen molar-refractivity contribution in [3.8, 4) is 0 Å². The number of hydrogen-bond acceptors (Lipinski definition) is 2. The Hall–Kier alpha value is -0.970. The Balaban J connectivity index is 2.27. The highest BCUT2D eigenvalue weighted by molar-refractivity contribution is 7.98. The Morgan fingerprint density at radius 1 is 1.39 bits per heavy atom. The first-order chi connectivity index (χ1) is 8.41. The zero-order valence-electron chi connectivity index (χ0n) is 9.88. The maximum Gasteiger partial charge on any atom is 0.416 e. The van der Waals surface area contributed by atoms with Crippen molar-refractivity contribution in [2.45, 2.75) is 30.3 Å². The monoisotopic (exact) mass is 274 g/mol. The molecule has 1 nitrogen and oxygen atoms in total. The highest BCUT2D eigenvalue weighted by Crippen LogP contribution is 2.36. The minimum absolute atomic E-state index is 0.0458. The van der Waals surface area contributed by atoms with Gasteiger partial charge in [-0.1, -0.05) is 0 Å². The average Bonchev–Trinajstić information content (AvgIpc) is 3.10. The summed E-state index contributed by atoms with van der Waals surface area (Å²) in [4.78, 5) is 12.4. The zero-order valence-corrected chi connectivity index (χ0v) is 10.7. The van der Waals surface area contributed by atoms with Crippen LogP contribution < -0.4 is 0 Å². The number of benzene rings is 1. The van der Waals surface area contributed by atoms with Crippen LogP contribution in [0.4, 0.5) is 13.2 Å². The lowest BCUT2D eigenvalue weighted by Crippen LogP contribution is -2.08. The van der Waals surface area contributed by atoms with Crippen LogP contribution in [-0.2, 0) is 6.18 Å². The number of rotatable bonds is 4. The molecule has 0 bridgehead atoms. The lowest BCUT2D eigenvalue weighted by atomic mass is 10.0. The van der Waals surface area contributed by atoms with Crippen molar-refractivity contribution in [1.29, 1.82) is 0 Å². The number of carbonyl (C=O) groups excluding carboxylic acids is 1. The van der Waals surface area contributed by atoms with Crippen molar-refractivity contribution in [2.75, 3.05) is 6.26 Å². The molecule has 1 aliphatic rings. The van der Waals surface area contributed by atoms with Gasteiger partial charge in [0, 0.05) is 16.9 Å². The minimum atomic E-state index is -4.36. The molecule has 0 unspecified atom stereocenters. The molecule has 1 fully saturated rings. The van der Waals surface area contributed by atoms with Gasteiger partial charge in [-0.15, -0.1) is 11.8 Å². The third-order valence-electron chi connectivity index (χ3n) is 3.00. The van der Waals surface area contributed by atoms with E-state index in [9.17, 15) is 18.0 Å². The summed E-state index contributed by atoms with van der Waals surface area (Å²) in [6.45, 7) is 0. The first-order valence-corrected chi connectivity index (χ1v) is 6.92. The van der Waals surface area contributed by atoms with Gasteiger partial charge in [0.1, 0.15) is 0 Å². The van der Waals surface area contributed by atoms with Crippen molar-refractivity contribution >= 4 is 17.5 Å². The van der Waals surface area contributed by atoms with Gasteiger partial charge in [0.2, 0.25) is 0 Å². The summed E-state index contributed by atoms with van der Waals surface area (Å²) in [5, 5.41) is 0. The van der Waals surface area contributed by atoms with E-state index in [1.54, 1.807) is 6.26 Å². The predicted octanol–water partition coefficient (Wildman–Crippen LogP) is 4.41. The summed E-state index contributed by atoms with van der Waals surface area (Å²) in [6, 6.07) is 3.35. The molecule has 2 rings (SSSR count). The molecule has 1 aromatic carbocycles. The quantitative estimate of drug-likeness (QED) is 0.597. The normalized spacial score (nSPS) is 15.8. The molecule has 0 spiro atoms. The van der Waals surface area contributed by atoms with Gasteiger partial charge >= 0.3 is 6.18 Å². The fraction of sp³-hybridized carbons (Fsp3) is 0.462. The highest BCUT2D eigenvalue weighted by atomic mass is 32.2. The van der Waals surface area contributed by atoms with Crippen LogP contribution in [0.3, 0.4) is 0 Å². The van der Waals surface area contributed by atoms with Crippen LogP contribution in [0.15, 0.2) is 23.1 Å². The predicted molar refractivity (Wildman–Crippen MR) is 64.9 cm³/mol. The van der Waals surface area contributed by atoms with Crippen molar-refractivity contribution in [1.82, 2.24) is 0 Å². The van der Waals surface area contributed by atoms with Crippen LogP contribution in [0.5, 0.6) is 0 Å². The Morgan fingerprint density at radius 3 is 2.56 bits per heavy atom. The summed E-state index contributed by atoms with van der Waals surface area (Å²) in [7, 11) is 0. The number of carbonyl (C=O) groups is 1. The largest absolute Gasteiger partial charge is 0.416 e. The van der Waals surface area contributed by atoms with Crippen molar-refractivity contribution in [2.24, 2.45) is 5.92 Å². The van der Waals surface area contributed by atoms with Crippen LogP contribution in [0.2, 0.25) is 0 Å². The lowest BCUT2D eigenvalue weighted by molar-refractivity contribution is -0.137. The van der Waals surface area contributed by atoms with Crippen LogP contribution in [-0.4, -0.2) is 12.0 Å². The number of halogens is 3. The van der Waals surface area contributed by atoms with E-state index in [4.69, 9.17) is 0 Å². The molecule has 1 aliphatic carbocycles. The van der Waals surface area contributed by atoms with Gasteiger partial charge in [-0.05, 0) is 43.2 Å². The fourth-order valence-electron chi connectivity index (χ4n) is 1.79. The molecule has 0 aromatic heterocycles. The van der Waals surface area contributed by atoms with Crippen LogP contribution in [0.1, 0.15) is 35.2 Å². The van der Waals surface area contributed by atoms with Crippen molar-refractivity contribution in [3.63, 3.8) is 0 Å². The van der Waals surface area contributed by atoms with Gasteiger partial charge < -0.3 is 0 Å². The third kappa shape index (κ3) is 3.07. The lowest BCUT2D eigenvalue weighted by Gasteiger charge is -2.11. The summed E-state index contributed by atoms with van der Waals surface area (Å²) in [5.41, 5.74) is -0.280. The minimum Gasteiger partial charge on any atom is -0.294 e. The molecule has 5 heteroatoms. The van der Waals surface area contributed by atoms with Crippen molar-refractivity contribution in [3.05, 3.63) is 29.3 Å². The number of thioether (sulfide) groups is 1. The molecule has 0 heterocycles. The molecular weight excluding hydrogens is 261 g/mol. The number of hydrogen-bond donors (Lipinski definition) is 0. The topological polar surface area (TPSA) is 17.1 Å². The second-order valence-electron chi connectivity index (χ2n) is 4.48. The van der Waals surface area contributed by atoms with Gasteiger partial charge in [0.25, 0.3) is 0 Å². The molecule has 0 amide bonds. The third-order valence-corrected chi connectivity index (χ3v) is 3.78. The molecule has 0 aliphatic heterocycles. The van der Waals surface area contributed by atoms with E-state index in [0.717, 1.165) is 25.0 Å². The summed E-state index contributed by atoms with van der Waals surface area (Å²) < 4.78 is 37.7. The number of alkyl halides is 3. The first-order valence-electron chi connectivity index (χ1n) is 5.70. The average molecular weight is 274 g/mol. The molecule has 98 valence electrons. The standard InChI is InChI=1S/C13H13F3OS/c1-18-12-7-9(13(14,15)16)4-5-10(12)11(17)6-8-2-3-8/h4-5,7-8H,2-3,6H2,1H3. The zero-order chi connectivity index (χ0) is 13.3. The van der Waals surface area contributed by atoms with Gasteiger partial charge in [-0.2, -0.15) is 13.2 Å². The van der Waals surface area contributed by atoms with E-state index in [1.807, 2.05) is 0 Å². The maximum absolute atomic E-state index is 12.6. The second-order valence-corrected chi connectivity index (χ2v) is 5.33. The number of ketones is 1.